The molecule has 0 aromatic heterocycles. The van der Waals surface area contributed by atoms with Crippen LogP contribution in [0.1, 0.15) is 11.1 Å². The van der Waals surface area contributed by atoms with Gasteiger partial charge in [0.05, 0.1) is 13.5 Å². The molecule has 1 fully saturated rings. The minimum atomic E-state index is -0.0121. The van der Waals surface area contributed by atoms with Gasteiger partial charge in [-0.3, -0.25) is 9.69 Å². The molecule has 0 bridgehead atoms. The molecular formula is C21H27N3O2. The van der Waals surface area contributed by atoms with Crippen molar-refractivity contribution in [3.05, 3.63) is 59.7 Å². The van der Waals surface area contributed by atoms with Crippen LogP contribution in [0, 0.1) is 0 Å². The van der Waals surface area contributed by atoms with Crippen LogP contribution in [0.4, 0.5) is 5.69 Å². The van der Waals surface area contributed by atoms with Gasteiger partial charge in [0.15, 0.2) is 0 Å². The number of methoxy groups -OCH3 is 1. The normalized spacial score (nSPS) is 15.6. The topological polar surface area (TPSA) is 44.8 Å². The number of nitrogens with zero attached hydrogens (tertiary/aromatic N) is 2. The van der Waals surface area contributed by atoms with Crippen molar-refractivity contribution < 1.29 is 9.53 Å². The summed E-state index contributed by atoms with van der Waals surface area (Å²) in [5, 5.41) is 2.97. The maximum atomic E-state index is 12.2. The second-order valence-corrected chi connectivity index (χ2v) is 6.85. The standard InChI is InChI=1S/C21H27N3O2/c1-23-11-13-24(14-12-23)16-18-3-7-19(8-4-18)22-21(25)15-17-5-9-20(26-2)10-6-17/h3-10H,11-16H2,1-2H3,(H,22,25). The smallest absolute Gasteiger partial charge is 0.228 e. The third kappa shape index (κ3) is 5.31. The van der Waals surface area contributed by atoms with Gasteiger partial charge in [0, 0.05) is 38.4 Å². The fourth-order valence-electron chi connectivity index (χ4n) is 3.09. The van der Waals surface area contributed by atoms with E-state index in [2.05, 4.69) is 34.3 Å². The molecule has 1 aliphatic rings. The van der Waals surface area contributed by atoms with E-state index in [0.29, 0.717) is 6.42 Å². The number of amides is 1. The Bertz CT molecular complexity index is 705. The van der Waals surface area contributed by atoms with Crippen LogP contribution in [-0.2, 0) is 17.8 Å². The Morgan fingerprint density at radius 2 is 1.58 bits per heavy atom. The van der Waals surface area contributed by atoms with Gasteiger partial charge in [-0.05, 0) is 42.4 Å². The molecule has 1 saturated heterocycles. The molecule has 3 rings (SSSR count). The number of carbonyl (C=O) groups excluding carboxylic acids is 1. The SMILES string of the molecule is COc1ccc(CC(=O)Nc2ccc(CN3CCN(C)CC3)cc2)cc1. The molecule has 1 heterocycles. The predicted octanol–water partition coefficient (Wildman–Crippen LogP) is 2.62. The number of hydrogen-bond acceptors (Lipinski definition) is 4. The number of ether oxygens (including phenoxy) is 1. The molecule has 26 heavy (non-hydrogen) atoms. The zero-order valence-corrected chi connectivity index (χ0v) is 15.6. The maximum Gasteiger partial charge on any atom is 0.228 e. The lowest BCUT2D eigenvalue weighted by Crippen LogP contribution is -2.43. The van der Waals surface area contributed by atoms with E-state index in [1.165, 1.54) is 5.56 Å². The van der Waals surface area contributed by atoms with Gasteiger partial charge in [0.25, 0.3) is 0 Å². The second kappa shape index (κ2) is 8.83. The van der Waals surface area contributed by atoms with Crippen molar-refractivity contribution in [1.82, 2.24) is 9.80 Å². The van der Waals surface area contributed by atoms with E-state index in [1.54, 1.807) is 7.11 Å². The summed E-state index contributed by atoms with van der Waals surface area (Å²) in [6.45, 7) is 5.43. The minimum Gasteiger partial charge on any atom is -0.497 e. The van der Waals surface area contributed by atoms with Crippen molar-refractivity contribution in [2.45, 2.75) is 13.0 Å². The van der Waals surface area contributed by atoms with Crippen molar-refractivity contribution in [3.63, 3.8) is 0 Å². The van der Waals surface area contributed by atoms with Crippen LogP contribution >= 0.6 is 0 Å². The van der Waals surface area contributed by atoms with Gasteiger partial charge in [0.2, 0.25) is 5.91 Å². The van der Waals surface area contributed by atoms with E-state index in [-0.39, 0.29) is 5.91 Å². The summed E-state index contributed by atoms with van der Waals surface area (Å²) in [7, 11) is 3.80. The van der Waals surface area contributed by atoms with Crippen LogP contribution in [-0.4, -0.2) is 56.0 Å². The zero-order chi connectivity index (χ0) is 18.4. The molecule has 1 aliphatic heterocycles. The van der Waals surface area contributed by atoms with Crippen molar-refractivity contribution >= 4 is 11.6 Å². The molecule has 5 heteroatoms. The summed E-state index contributed by atoms with van der Waals surface area (Å²) in [6.07, 6.45) is 0.354. The van der Waals surface area contributed by atoms with E-state index in [9.17, 15) is 4.79 Å². The highest BCUT2D eigenvalue weighted by atomic mass is 16.5. The highest BCUT2D eigenvalue weighted by Gasteiger charge is 2.13. The first-order chi connectivity index (χ1) is 12.6. The number of carbonyl (C=O) groups is 1. The first-order valence-corrected chi connectivity index (χ1v) is 9.05. The molecule has 0 radical (unpaired) electrons. The third-order valence-corrected chi connectivity index (χ3v) is 4.76. The average molecular weight is 353 g/mol. The van der Waals surface area contributed by atoms with Crippen LogP contribution in [0.3, 0.4) is 0 Å². The van der Waals surface area contributed by atoms with Gasteiger partial charge < -0.3 is 15.0 Å². The Balaban J connectivity index is 1.49. The Kier molecular flexibility index (Phi) is 6.26. The third-order valence-electron chi connectivity index (χ3n) is 4.76. The highest BCUT2D eigenvalue weighted by molar-refractivity contribution is 5.92. The fourth-order valence-corrected chi connectivity index (χ4v) is 3.09. The largest absolute Gasteiger partial charge is 0.497 e. The van der Waals surface area contributed by atoms with E-state index in [1.807, 2.05) is 36.4 Å². The minimum absolute atomic E-state index is 0.0121. The highest BCUT2D eigenvalue weighted by Crippen LogP contribution is 2.15. The number of nitrogens with one attached hydrogen (secondary N) is 1. The lowest BCUT2D eigenvalue weighted by molar-refractivity contribution is -0.115. The van der Waals surface area contributed by atoms with Gasteiger partial charge in [-0.1, -0.05) is 24.3 Å². The molecular weight excluding hydrogens is 326 g/mol. The number of anilines is 1. The van der Waals surface area contributed by atoms with E-state index in [4.69, 9.17) is 4.74 Å². The molecule has 0 saturated carbocycles. The lowest BCUT2D eigenvalue weighted by atomic mass is 10.1. The van der Waals surface area contributed by atoms with Crippen LogP contribution in [0.25, 0.3) is 0 Å². The molecule has 0 spiro atoms. The second-order valence-electron chi connectivity index (χ2n) is 6.85. The van der Waals surface area contributed by atoms with Crippen molar-refractivity contribution in [2.75, 3.05) is 45.7 Å². The summed E-state index contributed by atoms with van der Waals surface area (Å²) < 4.78 is 5.13. The molecule has 0 aliphatic carbocycles. The Morgan fingerprint density at radius 3 is 2.19 bits per heavy atom. The summed E-state index contributed by atoms with van der Waals surface area (Å²) in [4.78, 5) is 17.0. The number of benzene rings is 2. The average Bonchev–Trinajstić information content (AvgIpc) is 2.66. The molecule has 0 unspecified atom stereocenters. The van der Waals surface area contributed by atoms with Crippen LogP contribution in [0.2, 0.25) is 0 Å². The fraction of sp³-hybridized carbons (Fsp3) is 0.381. The van der Waals surface area contributed by atoms with Gasteiger partial charge in [-0.15, -0.1) is 0 Å². The van der Waals surface area contributed by atoms with Gasteiger partial charge >= 0.3 is 0 Å². The molecule has 1 N–H and O–H groups in total. The first-order valence-electron chi connectivity index (χ1n) is 9.05. The monoisotopic (exact) mass is 353 g/mol. The number of piperazine rings is 1. The van der Waals surface area contributed by atoms with Crippen LogP contribution < -0.4 is 10.1 Å². The zero-order valence-electron chi connectivity index (χ0n) is 15.6. The summed E-state index contributed by atoms with van der Waals surface area (Å²) in [5.41, 5.74) is 3.09. The van der Waals surface area contributed by atoms with Crippen LogP contribution in [0.5, 0.6) is 5.75 Å². The number of hydrogen-bond donors (Lipinski definition) is 1. The molecule has 2 aromatic rings. The van der Waals surface area contributed by atoms with E-state index < -0.39 is 0 Å². The maximum absolute atomic E-state index is 12.2. The predicted molar refractivity (Wildman–Crippen MR) is 105 cm³/mol. The van der Waals surface area contributed by atoms with Gasteiger partial charge in [0.1, 0.15) is 5.75 Å². The molecule has 1 amide bonds. The Labute approximate surface area is 155 Å². The van der Waals surface area contributed by atoms with E-state index >= 15 is 0 Å². The number of rotatable bonds is 6. The Hall–Kier alpha value is -2.37. The molecule has 5 nitrogen and oxygen atoms in total. The molecule has 0 atom stereocenters. The summed E-state index contributed by atoms with van der Waals surface area (Å²) in [5.74, 6) is 0.784. The molecule has 2 aromatic carbocycles. The van der Waals surface area contributed by atoms with Crippen LogP contribution in [0.15, 0.2) is 48.5 Å². The Morgan fingerprint density at radius 1 is 0.962 bits per heavy atom. The van der Waals surface area contributed by atoms with Crippen molar-refractivity contribution in [1.29, 1.82) is 0 Å². The van der Waals surface area contributed by atoms with Gasteiger partial charge in [-0.2, -0.15) is 0 Å². The molecule has 138 valence electrons. The summed E-state index contributed by atoms with van der Waals surface area (Å²) in [6, 6.07) is 15.7. The summed E-state index contributed by atoms with van der Waals surface area (Å²) >= 11 is 0. The van der Waals surface area contributed by atoms with Crippen molar-refractivity contribution in [3.8, 4) is 5.75 Å². The first kappa shape index (κ1) is 18.4. The van der Waals surface area contributed by atoms with Gasteiger partial charge in [-0.25, -0.2) is 0 Å². The lowest BCUT2D eigenvalue weighted by Gasteiger charge is -2.32. The van der Waals surface area contributed by atoms with E-state index in [0.717, 1.165) is 49.7 Å². The number of likely N-dealkylation sites (N-methyl/N-ethyl adjacent to an activating group) is 1. The van der Waals surface area contributed by atoms with Crippen molar-refractivity contribution in [2.24, 2.45) is 0 Å². The quantitative estimate of drug-likeness (QED) is 0.867.